The lowest BCUT2D eigenvalue weighted by molar-refractivity contribution is -0.152. The van der Waals surface area contributed by atoms with Gasteiger partial charge >= 0.3 is 5.97 Å². The van der Waals surface area contributed by atoms with Crippen LogP contribution in [0.25, 0.3) is 11.4 Å². The molecule has 0 unspecified atom stereocenters. The first-order valence-corrected chi connectivity index (χ1v) is 10.5. The van der Waals surface area contributed by atoms with Crippen molar-refractivity contribution in [2.75, 3.05) is 0 Å². The van der Waals surface area contributed by atoms with Gasteiger partial charge in [0.1, 0.15) is 18.1 Å². The Hall–Kier alpha value is -2.93. The molecular weight excluding hydrogens is 400 g/mol. The van der Waals surface area contributed by atoms with Gasteiger partial charge in [0.05, 0.1) is 0 Å². The molecule has 0 atom stereocenters. The first-order valence-electron chi connectivity index (χ1n) is 9.78. The summed E-state index contributed by atoms with van der Waals surface area (Å²) < 4.78 is 15.9. The molecule has 1 aromatic heterocycles. The first kappa shape index (κ1) is 21.8. The third-order valence-electron chi connectivity index (χ3n) is 4.84. The molecule has 0 saturated heterocycles. The number of benzene rings is 2. The van der Waals surface area contributed by atoms with Crippen molar-refractivity contribution in [3.63, 3.8) is 0 Å². The zero-order valence-corrected chi connectivity index (χ0v) is 18.7. The van der Waals surface area contributed by atoms with Gasteiger partial charge in [-0.1, -0.05) is 19.1 Å². The van der Waals surface area contributed by atoms with E-state index in [1.165, 1.54) is 36.5 Å². The van der Waals surface area contributed by atoms with Gasteiger partial charge in [0, 0.05) is 5.56 Å². The van der Waals surface area contributed by atoms with Gasteiger partial charge in [-0.3, -0.25) is 0 Å². The molecule has 0 fully saturated rings. The molecule has 1 heterocycles. The summed E-state index contributed by atoms with van der Waals surface area (Å²) in [7, 11) is 0. The van der Waals surface area contributed by atoms with E-state index in [0.29, 0.717) is 23.9 Å². The summed E-state index contributed by atoms with van der Waals surface area (Å²) in [5, 5.41) is 10.0. The molecule has 7 heteroatoms. The van der Waals surface area contributed by atoms with Crippen LogP contribution in [0.5, 0.6) is 11.5 Å². The molecule has 0 saturated carbocycles. The van der Waals surface area contributed by atoms with E-state index in [0.717, 1.165) is 22.6 Å². The maximum atomic E-state index is 11.3. The second-order valence-electron chi connectivity index (χ2n) is 7.64. The van der Waals surface area contributed by atoms with Crippen molar-refractivity contribution in [1.82, 2.24) is 9.36 Å². The summed E-state index contributed by atoms with van der Waals surface area (Å²) in [5.41, 5.74) is 3.07. The van der Waals surface area contributed by atoms with Crippen LogP contribution in [0.3, 0.4) is 0 Å². The van der Waals surface area contributed by atoms with Crippen LogP contribution in [0.1, 0.15) is 42.5 Å². The number of hydrogen-bond acceptors (Lipinski definition) is 6. The van der Waals surface area contributed by atoms with Crippen molar-refractivity contribution >= 4 is 17.5 Å². The Bertz CT molecular complexity index is 1060. The van der Waals surface area contributed by atoms with E-state index in [2.05, 4.69) is 41.4 Å². The fourth-order valence-corrected chi connectivity index (χ4v) is 3.53. The van der Waals surface area contributed by atoms with Crippen LogP contribution in [0.15, 0.2) is 36.4 Å². The first-order chi connectivity index (χ1) is 14.2. The molecule has 3 rings (SSSR count). The molecule has 30 heavy (non-hydrogen) atoms. The fraction of sp³-hybridized carbons (Fsp3) is 0.348. The Morgan fingerprint density at radius 1 is 1.13 bits per heavy atom. The second kappa shape index (κ2) is 8.83. The molecule has 3 aromatic rings. The lowest BCUT2D eigenvalue weighted by atomic mass is 10.0. The van der Waals surface area contributed by atoms with Crippen LogP contribution < -0.4 is 9.47 Å². The fourth-order valence-electron chi connectivity index (χ4n) is 2.95. The van der Waals surface area contributed by atoms with Crippen molar-refractivity contribution in [1.29, 1.82) is 0 Å². The number of aliphatic carboxylic acids is 1. The molecule has 0 radical (unpaired) electrons. The van der Waals surface area contributed by atoms with Crippen LogP contribution in [-0.4, -0.2) is 26.0 Å². The van der Waals surface area contributed by atoms with E-state index in [1.54, 1.807) is 12.1 Å². The van der Waals surface area contributed by atoms with E-state index < -0.39 is 11.6 Å². The number of carbonyl (C=O) groups is 1. The van der Waals surface area contributed by atoms with Crippen molar-refractivity contribution < 1.29 is 19.4 Å². The highest BCUT2D eigenvalue weighted by Gasteiger charge is 2.29. The SMILES string of the molecule is CCc1ccc(-c2nsc(COc3ccc(OC(C)(C)C(=O)O)c(C)c3)n2)cc1C. The quantitative estimate of drug-likeness (QED) is 0.533. The minimum atomic E-state index is -1.30. The van der Waals surface area contributed by atoms with Crippen LogP contribution in [0, 0.1) is 13.8 Å². The minimum Gasteiger partial charge on any atom is -0.486 e. The van der Waals surface area contributed by atoms with Crippen LogP contribution in [0.4, 0.5) is 0 Å². The summed E-state index contributed by atoms with van der Waals surface area (Å²) in [4.78, 5) is 15.8. The predicted octanol–water partition coefficient (Wildman–Crippen LogP) is 5.21. The normalized spacial score (nSPS) is 11.4. The minimum absolute atomic E-state index is 0.309. The number of rotatable bonds is 8. The lowest BCUT2D eigenvalue weighted by Crippen LogP contribution is -2.38. The Morgan fingerprint density at radius 3 is 2.53 bits per heavy atom. The highest BCUT2D eigenvalue weighted by molar-refractivity contribution is 7.05. The van der Waals surface area contributed by atoms with Crippen LogP contribution in [0.2, 0.25) is 0 Å². The van der Waals surface area contributed by atoms with Crippen LogP contribution >= 0.6 is 11.5 Å². The summed E-state index contributed by atoms with van der Waals surface area (Å²) in [5.74, 6) is 0.862. The Morgan fingerprint density at radius 2 is 1.90 bits per heavy atom. The number of carboxylic acid groups (broad SMARTS) is 1. The summed E-state index contributed by atoms with van der Waals surface area (Å²) in [6.45, 7) is 9.44. The molecule has 2 aromatic carbocycles. The molecular formula is C23H26N2O4S. The van der Waals surface area contributed by atoms with Gasteiger partial charge in [-0.25, -0.2) is 9.78 Å². The van der Waals surface area contributed by atoms with E-state index in [9.17, 15) is 9.90 Å². The largest absolute Gasteiger partial charge is 0.486 e. The van der Waals surface area contributed by atoms with Gasteiger partial charge in [-0.2, -0.15) is 4.37 Å². The van der Waals surface area contributed by atoms with Crippen LogP contribution in [-0.2, 0) is 17.8 Å². The number of hydrogen-bond donors (Lipinski definition) is 1. The Kier molecular flexibility index (Phi) is 6.41. The lowest BCUT2D eigenvalue weighted by Gasteiger charge is -2.23. The van der Waals surface area contributed by atoms with Crippen molar-refractivity contribution in [2.24, 2.45) is 0 Å². The molecule has 6 nitrogen and oxygen atoms in total. The van der Waals surface area contributed by atoms with Gasteiger partial charge in [0.15, 0.2) is 16.4 Å². The Balaban J connectivity index is 1.66. The summed E-state index contributed by atoms with van der Waals surface area (Å²) in [6, 6.07) is 11.6. The Labute approximate surface area is 180 Å². The highest BCUT2D eigenvalue weighted by Crippen LogP contribution is 2.28. The molecule has 0 amide bonds. The molecule has 0 aliphatic rings. The summed E-state index contributed by atoms with van der Waals surface area (Å²) in [6.07, 6.45) is 1.01. The zero-order chi connectivity index (χ0) is 21.9. The molecule has 0 aliphatic carbocycles. The maximum Gasteiger partial charge on any atom is 0.347 e. The predicted molar refractivity (Wildman–Crippen MR) is 117 cm³/mol. The van der Waals surface area contributed by atoms with E-state index in [4.69, 9.17) is 9.47 Å². The van der Waals surface area contributed by atoms with Gasteiger partial charge in [-0.15, -0.1) is 0 Å². The van der Waals surface area contributed by atoms with Gasteiger partial charge in [0.2, 0.25) is 0 Å². The zero-order valence-electron chi connectivity index (χ0n) is 17.9. The average Bonchev–Trinajstić information content (AvgIpc) is 3.17. The summed E-state index contributed by atoms with van der Waals surface area (Å²) >= 11 is 1.32. The van der Waals surface area contributed by atoms with Crippen molar-refractivity contribution in [3.05, 3.63) is 58.1 Å². The van der Waals surface area contributed by atoms with Gasteiger partial charge in [-0.05, 0) is 86.6 Å². The number of aromatic nitrogens is 2. The topological polar surface area (TPSA) is 81.5 Å². The highest BCUT2D eigenvalue weighted by atomic mass is 32.1. The third-order valence-corrected chi connectivity index (χ3v) is 5.52. The monoisotopic (exact) mass is 426 g/mol. The maximum absolute atomic E-state index is 11.3. The molecule has 0 spiro atoms. The smallest absolute Gasteiger partial charge is 0.347 e. The molecule has 1 N–H and O–H groups in total. The van der Waals surface area contributed by atoms with E-state index >= 15 is 0 Å². The van der Waals surface area contributed by atoms with Gasteiger partial charge < -0.3 is 14.6 Å². The third kappa shape index (κ3) is 4.97. The standard InChI is InChI=1S/C23H26N2O4S/c1-6-16-7-8-17(11-14(16)2)21-24-20(30-25-21)13-28-18-9-10-19(15(3)12-18)29-23(4,5)22(26)27/h7-12H,6,13H2,1-5H3,(H,26,27). The number of nitrogens with zero attached hydrogens (tertiary/aromatic N) is 2. The number of aryl methyl sites for hydroxylation is 3. The second-order valence-corrected chi connectivity index (χ2v) is 8.48. The molecule has 0 aliphatic heterocycles. The van der Waals surface area contributed by atoms with Gasteiger partial charge in [0.25, 0.3) is 0 Å². The number of carboxylic acids is 1. The number of ether oxygens (including phenoxy) is 2. The van der Waals surface area contributed by atoms with Crippen molar-refractivity contribution in [2.45, 2.75) is 53.2 Å². The van der Waals surface area contributed by atoms with E-state index in [-0.39, 0.29) is 0 Å². The molecule has 0 bridgehead atoms. The average molecular weight is 427 g/mol. The van der Waals surface area contributed by atoms with Crippen molar-refractivity contribution in [3.8, 4) is 22.9 Å². The van der Waals surface area contributed by atoms with E-state index in [1.807, 2.05) is 13.0 Å². The molecule has 158 valence electrons.